The molecule has 0 N–H and O–H groups in total. The third kappa shape index (κ3) is 10.4. The van der Waals surface area contributed by atoms with E-state index in [1.54, 1.807) is 0 Å². The summed E-state index contributed by atoms with van der Waals surface area (Å²) < 4.78 is 17.9. The van der Waals surface area contributed by atoms with Gasteiger partial charge < -0.3 is 14.2 Å². The molecule has 1 aliphatic rings. The van der Waals surface area contributed by atoms with Gasteiger partial charge in [0.1, 0.15) is 5.75 Å². The number of rotatable bonds is 18. The highest BCUT2D eigenvalue weighted by Gasteiger charge is 2.23. The minimum atomic E-state index is -0.304. The topological polar surface area (TPSA) is 40.6 Å². The zero-order chi connectivity index (χ0) is 25.3. The van der Waals surface area contributed by atoms with Crippen LogP contribution in [0, 0.1) is 5.92 Å². The van der Waals surface area contributed by atoms with Crippen LogP contribution in [-0.2, 0) is 9.47 Å². The van der Waals surface area contributed by atoms with Crippen molar-refractivity contribution in [3.8, 4) is 17.0 Å². The average Bonchev–Trinajstić information content (AvgIpc) is 2.93. The number of ether oxygens (including phenoxy) is 3. The summed E-state index contributed by atoms with van der Waals surface area (Å²) in [5.41, 5.74) is 3.02. The minimum Gasteiger partial charge on any atom is -0.494 e. The lowest BCUT2D eigenvalue weighted by atomic mass is 10.0. The van der Waals surface area contributed by atoms with Crippen LogP contribution in [0.2, 0.25) is 0 Å². The lowest BCUT2D eigenvalue weighted by Gasteiger charge is -2.29. The van der Waals surface area contributed by atoms with Gasteiger partial charge in [0, 0.05) is 23.2 Å². The van der Waals surface area contributed by atoms with Crippen LogP contribution < -0.4 is 4.74 Å². The second-order valence-electron chi connectivity index (χ2n) is 10.1. The van der Waals surface area contributed by atoms with Gasteiger partial charge in [-0.15, -0.1) is 6.58 Å². The molecule has 0 aliphatic carbocycles. The van der Waals surface area contributed by atoms with Crippen molar-refractivity contribution >= 4 is 0 Å². The molecular weight excluding hydrogens is 446 g/mol. The van der Waals surface area contributed by atoms with Gasteiger partial charge >= 0.3 is 0 Å². The standard InChI is InChI=1S/C32H47NO3/c1-3-5-7-9-10-11-12-13-14-16-27-25-35-32(36-26-27)29-19-22-31(33-24-29)28-17-20-30(21-18-28)34-23-15-8-6-4-2/h3,17-22,24,27,32H,1,4-16,23,25-26H2,2H3. The molecule has 0 bridgehead atoms. The number of nitrogens with zero attached hydrogens (tertiary/aromatic N) is 1. The largest absolute Gasteiger partial charge is 0.494 e. The van der Waals surface area contributed by atoms with E-state index < -0.39 is 0 Å². The maximum absolute atomic E-state index is 6.05. The molecule has 0 spiro atoms. The summed E-state index contributed by atoms with van der Waals surface area (Å²) >= 11 is 0. The van der Waals surface area contributed by atoms with Crippen molar-refractivity contribution in [1.82, 2.24) is 4.98 Å². The Morgan fingerprint density at radius 2 is 1.56 bits per heavy atom. The fourth-order valence-electron chi connectivity index (χ4n) is 4.66. The third-order valence-electron chi connectivity index (χ3n) is 6.96. The first-order valence-electron chi connectivity index (χ1n) is 14.3. The quantitative estimate of drug-likeness (QED) is 0.153. The van der Waals surface area contributed by atoms with E-state index in [2.05, 4.69) is 36.7 Å². The van der Waals surface area contributed by atoms with Crippen molar-refractivity contribution in [2.75, 3.05) is 19.8 Å². The van der Waals surface area contributed by atoms with Crippen molar-refractivity contribution in [1.29, 1.82) is 0 Å². The van der Waals surface area contributed by atoms with Crippen molar-refractivity contribution in [3.05, 3.63) is 60.8 Å². The van der Waals surface area contributed by atoms with Gasteiger partial charge in [-0.25, -0.2) is 0 Å². The molecule has 1 saturated heterocycles. The number of unbranched alkanes of at least 4 members (excludes halogenated alkanes) is 10. The molecule has 0 unspecified atom stereocenters. The molecule has 0 amide bonds. The molecule has 0 saturated carbocycles. The van der Waals surface area contributed by atoms with Gasteiger partial charge in [-0.3, -0.25) is 4.98 Å². The van der Waals surface area contributed by atoms with Crippen molar-refractivity contribution in [3.63, 3.8) is 0 Å². The Bertz CT molecular complexity index is 825. The second-order valence-corrected chi connectivity index (χ2v) is 10.1. The molecule has 1 fully saturated rings. The number of aromatic nitrogens is 1. The first-order chi connectivity index (χ1) is 17.8. The Labute approximate surface area is 219 Å². The zero-order valence-corrected chi connectivity index (χ0v) is 22.5. The van der Waals surface area contributed by atoms with E-state index in [-0.39, 0.29) is 6.29 Å². The molecule has 0 radical (unpaired) electrons. The monoisotopic (exact) mass is 493 g/mol. The number of pyridine rings is 1. The molecule has 1 aromatic heterocycles. The minimum absolute atomic E-state index is 0.304. The summed E-state index contributed by atoms with van der Waals surface area (Å²) in [7, 11) is 0. The highest BCUT2D eigenvalue weighted by Crippen LogP contribution is 2.28. The Morgan fingerprint density at radius 1 is 0.861 bits per heavy atom. The lowest BCUT2D eigenvalue weighted by Crippen LogP contribution is -2.27. The normalized spacial score (nSPS) is 17.7. The van der Waals surface area contributed by atoms with Crippen molar-refractivity contribution in [2.24, 2.45) is 5.92 Å². The first-order valence-corrected chi connectivity index (χ1v) is 14.3. The SMILES string of the molecule is C=CCCCCCCCCCC1COC(c2ccc(-c3ccc(OCCCCCC)cc3)nc2)OC1. The van der Waals surface area contributed by atoms with Crippen LogP contribution in [0.1, 0.15) is 102 Å². The summed E-state index contributed by atoms with van der Waals surface area (Å²) in [6.07, 6.45) is 20.1. The van der Waals surface area contributed by atoms with Gasteiger partial charge in [0.05, 0.1) is 25.5 Å². The molecule has 1 aromatic carbocycles. The number of allylic oxidation sites excluding steroid dienone is 1. The van der Waals surface area contributed by atoms with Crippen LogP contribution >= 0.6 is 0 Å². The zero-order valence-electron chi connectivity index (χ0n) is 22.5. The Hall–Kier alpha value is -2.17. The van der Waals surface area contributed by atoms with E-state index in [4.69, 9.17) is 14.2 Å². The maximum atomic E-state index is 6.05. The van der Waals surface area contributed by atoms with Gasteiger partial charge in [-0.1, -0.05) is 76.9 Å². The smallest absolute Gasteiger partial charge is 0.185 e. The van der Waals surface area contributed by atoms with Crippen LogP contribution in [0.4, 0.5) is 0 Å². The predicted octanol–water partition coefficient (Wildman–Crippen LogP) is 9.07. The van der Waals surface area contributed by atoms with E-state index in [1.165, 1.54) is 70.6 Å². The van der Waals surface area contributed by atoms with Gasteiger partial charge in [-0.05, 0) is 56.0 Å². The van der Waals surface area contributed by atoms with Gasteiger partial charge in [-0.2, -0.15) is 0 Å². The Morgan fingerprint density at radius 3 is 2.22 bits per heavy atom. The molecule has 4 nitrogen and oxygen atoms in total. The summed E-state index contributed by atoms with van der Waals surface area (Å²) in [5.74, 6) is 1.43. The van der Waals surface area contributed by atoms with Crippen LogP contribution in [-0.4, -0.2) is 24.8 Å². The first kappa shape index (κ1) is 28.4. The molecule has 4 heteroatoms. The highest BCUT2D eigenvalue weighted by molar-refractivity contribution is 5.60. The fraction of sp³-hybridized carbons (Fsp3) is 0.594. The summed E-state index contributed by atoms with van der Waals surface area (Å²) in [4.78, 5) is 4.66. The van der Waals surface area contributed by atoms with E-state index in [0.717, 1.165) is 55.2 Å². The molecule has 2 aromatic rings. The lowest BCUT2D eigenvalue weighted by molar-refractivity contribution is -0.206. The Balaban J connectivity index is 1.31. The van der Waals surface area contributed by atoms with E-state index in [9.17, 15) is 0 Å². The van der Waals surface area contributed by atoms with Gasteiger partial charge in [0.25, 0.3) is 0 Å². The van der Waals surface area contributed by atoms with Crippen LogP contribution in [0.15, 0.2) is 55.3 Å². The second kappa shape index (κ2) is 17.3. The molecular formula is C32H47NO3. The highest BCUT2D eigenvalue weighted by atomic mass is 16.7. The molecule has 1 aliphatic heterocycles. The van der Waals surface area contributed by atoms with Gasteiger partial charge in [0.2, 0.25) is 0 Å². The number of hydrogen-bond donors (Lipinski definition) is 0. The van der Waals surface area contributed by atoms with E-state index in [0.29, 0.717) is 5.92 Å². The van der Waals surface area contributed by atoms with E-state index >= 15 is 0 Å². The van der Waals surface area contributed by atoms with Crippen molar-refractivity contribution < 1.29 is 14.2 Å². The Kier molecular flexibility index (Phi) is 13.7. The third-order valence-corrected chi connectivity index (χ3v) is 6.96. The number of benzene rings is 1. The summed E-state index contributed by atoms with van der Waals surface area (Å²) in [6, 6.07) is 12.3. The molecule has 3 rings (SSSR count). The van der Waals surface area contributed by atoms with Gasteiger partial charge in [0.15, 0.2) is 6.29 Å². The summed E-state index contributed by atoms with van der Waals surface area (Å²) in [6.45, 7) is 8.34. The summed E-state index contributed by atoms with van der Waals surface area (Å²) in [5, 5.41) is 0. The molecule has 36 heavy (non-hydrogen) atoms. The molecule has 2 heterocycles. The predicted molar refractivity (Wildman–Crippen MR) is 149 cm³/mol. The molecule has 0 atom stereocenters. The van der Waals surface area contributed by atoms with E-state index in [1.807, 2.05) is 30.5 Å². The van der Waals surface area contributed by atoms with Crippen LogP contribution in [0.3, 0.4) is 0 Å². The fourth-order valence-corrected chi connectivity index (χ4v) is 4.66. The number of hydrogen-bond acceptors (Lipinski definition) is 4. The van der Waals surface area contributed by atoms with Crippen molar-refractivity contribution in [2.45, 2.75) is 96.7 Å². The van der Waals surface area contributed by atoms with Crippen LogP contribution in [0.5, 0.6) is 5.75 Å². The molecule has 198 valence electrons. The van der Waals surface area contributed by atoms with Crippen LogP contribution in [0.25, 0.3) is 11.3 Å². The maximum Gasteiger partial charge on any atom is 0.185 e. The average molecular weight is 494 g/mol.